The lowest BCUT2D eigenvalue weighted by Gasteiger charge is -2.09. The molecular formula is C14H12Cl2O. The third kappa shape index (κ3) is 2.74. The summed E-state index contributed by atoms with van der Waals surface area (Å²) in [7, 11) is 1.65. The van der Waals surface area contributed by atoms with Crippen molar-refractivity contribution in [3.63, 3.8) is 0 Å². The van der Waals surface area contributed by atoms with Crippen LogP contribution in [0.2, 0.25) is 10.0 Å². The molecule has 0 aromatic heterocycles. The monoisotopic (exact) mass is 266 g/mol. The topological polar surface area (TPSA) is 9.23 Å². The lowest BCUT2D eigenvalue weighted by atomic mass is 10.0. The fraction of sp³-hybridized carbons (Fsp3) is 0.143. The zero-order valence-electron chi connectivity index (χ0n) is 9.63. The van der Waals surface area contributed by atoms with Crippen LogP contribution in [0.5, 0.6) is 5.75 Å². The summed E-state index contributed by atoms with van der Waals surface area (Å²) >= 11 is 12.1. The summed E-state index contributed by atoms with van der Waals surface area (Å²) in [6, 6.07) is 11.5. The van der Waals surface area contributed by atoms with E-state index >= 15 is 0 Å². The lowest BCUT2D eigenvalue weighted by molar-refractivity contribution is 0.414. The summed E-state index contributed by atoms with van der Waals surface area (Å²) in [5, 5.41) is 1.28. The zero-order chi connectivity index (χ0) is 12.4. The predicted octanol–water partition coefficient (Wildman–Crippen LogP) is 4.98. The minimum Gasteiger partial charge on any atom is -0.497 e. The van der Waals surface area contributed by atoms with Gasteiger partial charge in [0.05, 0.1) is 7.11 Å². The first-order valence-corrected chi connectivity index (χ1v) is 5.97. The quantitative estimate of drug-likeness (QED) is 0.745. The first-order chi connectivity index (χ1) is 8.10. The Labute approximate surface area is 111 Å². The van der Waals surface area contributed by atoms with Crippen molar-refractivity contribution in [1.82, 2.24) is 0 Å². The van der Waals surface area contributed by atoms with Crippen LogP contribution in [0.4, 0.5) is 0 Å². The van der Waals surface area contributed by atoms with Crippen molar-refractivity contribution in [3.05, 3.63) is 52.0 Å². The van der Waals surface area contributed by atoms with E-state index in [1.54, 1.807) is 13.2 Å². The Balaban J connectivity index is 2.55. The molecule has 2 aromatic rings. The Bertz CT molecular complexity index is 550. The van der Waals surface area contributed by atoms with Crippen molar-refractivity contribution in [2.24, 2.45) is 0 Å². The molecule has 0 bridgehead atoms. The van der Waals surface area contributed by atoms with E-state index in [4.69, 9.17) is 27.9 Å². The molecule has 88 valence electrons. The van der Waals surface area contributed by atoms with Gasteiger partial charge in [-0.2, -0.15) is 0 Å². The van der Waals surface area contributed by atoms with Crippen molar-refractivity contribution in [1.29, 1.82) is 0 Å². The highest BCUT2D eigenvalue weighted by Gasteiger charge is 2.06. The van der Waals surface area contributed by atoms with E-state index in [0.717, 1.165) is 22.4 Å². The molecule has 1 nitrogen and oxygen atoms in total. The number of hydrogen-bond donors (Lipinski definition) is 0. The number of benzene rings is 2. The molecule has 0 atom stereocenters. The van der Waals surface area contributed by atoms with Gasteiger partial charge in [-0.1, -0.05) is 35.3 Å². The van der Waals surface area contributed by atoms with Gasteiger partial charge in [0.15, 0.2) is 0 Å². The van der Waals surface area contributed by atoms with Gasteiger partial charge in [0.1, 0.15) is 5.75 Å². The summed E-state index contributed by atoms with van der Waals surface area (Å²) in [5.41, 5.74) is 3.12. The average molecular weight is 267 g/mol. The smallest absolute Gasteiger partial charge is 0.119 e. The van der Waals surface area contributed by atoms with Crippen LogP contribution < -0.4 is 4.74 Å². The van der Waals surface area contributed by atoms with Crippen LogP contribution in [0.1, 0.15) is 5.56 Å². The van der Waals surface area contributed by atoms with Gasteiger partial charge in [0, 0.05) is 15.6 Å². The van der Waals surface area contributed by atoms with E-state index < -0.39 is 0 Å². The van der Waals surface area contributed by atoms with Gasteiger partial charge in [0.2, 0.25) is 0 Å². The van der Waals surface area contributed by atoms with Crippen LogP contribution in [0.15, 0.2) is 36.4 Å². The molecule has 0 amide bonds. The molecule has 0 N–H and O–H groups in total. The molecule has 0 fully saturated rings. The second-order valence-electron chi connectivity index (χ2n) is 3.86. The van der Waals surface area contributed by atoms with Crippen LogP contribution in [-0.4, -0.2) is 7.11 Å². The summed E-state index contributed by atoms with van der Waals surface area (Å²) in [6.07, 6.45) is 0. The molecule has 0 aliphatic carbocycles. The highest BCUT2D eigenvalue weighted by molar-refractivity contribution is 6.36. The van der Waals surface area contributed by atoms with E-state index in [2.05, 4.69) is 6.07 Å². The van der Waals surface area contributed by atoms with Crippen LogP contribution >= 0.6 is 23.2 Å². The van der Waals surface area contributed by atoms with Crippen LogP contribution in [0.25, 0.3) is 11.1 Å². The average Bonchev–Trinajstić information content (AvgIpc) is 2.28. The van der Waals surface area contributed by atoms with Crippen molar-refractivity contribution in [2.75, 3.05) is 7.11 Å². The van der Waals surface area contributed by atoms with Gasteiger partial charge >= 0.3 is 0 Å². The minimum atomic E-state index is 0.637. The minimum absolute atomic E-state index is 0.637. The third-order valence-electron chi connectivity index (χ3n) is 2.53. The second-order valence-corrected chi connectivity index (χ2v) is 4.71. The third-order valence-corrected chi connectivity index (χ3v) is 3.08. The Morgan fingerprint density at radius 3 is 2.41 bits per heavy atom. The standard InChI is InChI=1S/C14H12Cl2O/c1-9-5-10(7-12(6-9)17-2)13-4-3-11(15)8-14(13)16/h3-8H,1-2H3. The van der Waals surface area contributed by atoms with Gasteiger partial charge < -0.3 is 4.74 Å². The van der Waals surface area contributed by atoms with E-state index in [-0.39, 0.29) is 0 Å². The Kier molecular flexibility index (Phi) is 3.60. The molecule has 3 heteroatoms. The molecule has 17 heavy (non-hydrogen) atoms. The van der Waals surface area contributed by atoms with E-state index in [0.29, 0.717) is 10.0 Å². The van der Waals surface area contributed by atoms with Gasteiger partial charge in [-0.15, -0.1) is 0 Å². The molecule has 2 rings (SSSR count). The molecule has 0 unspecified atom stereocenters. The molecule has 0 aliphatic rings. The molecule has 0 aliphatic heterocycles. The number of halogens is 2. The molecule has 0 radical (unpaired) electrons. The van der Waals surface area contributed by atoms with E-state index in [1.807, 2.05) is 31.2 Å². The van der Waals surface area contributed by atoms with Crippen molar-refractivity contribution in [2.45, 2.75) is 6.92 Å². The Morgan fingerprint density at radius 2 is 1.76 bits per heavy atom. The fourth-order valence-corrected chi connectivity index (χ4v) is 2.26. The maximum Gasteiger partial charge on any atom is 0.119 e. The number of hydrogen-bond acceptors (Lipinski definition) is 1. The summed E-state index contributed by atoms with van der Waals surface area (Å²) in [4.78, 5) is 0. The maximum atomic E-state index is 6.19. The van der Waals surface area contributed by atoms with Crippen LogP contribution in [0, 0.1) is 6.92 Å². The zero-order valence-corrected chi connectivity index (χ0v) is 11.1. The van der Waals surface area contributed by atoms with E-state index in [1.165, 1.54) is 0 Å². The van der Waals surface area contributed by atoms with Gasteiger partial charge in [-0.05, 0) is 42.3 Å². The number of ether oxygens (including phenoxy) is 1. The molecule has 2 aromatic carbocycles. The number of aryl methyl sites for hydroxylation is 1. The van der Waals surface area contributed by atoms with Gasteiger partial charge in [-0.25, -0.2) is 0 Å². The SMILES string of the molecule is COc1cc(C)cc(-c2ccc(Cl)cc2Cl)c1. The molecule has 0 spiro atoms. The molecular weight excluding hydrogens is 255 g/mol. The highest BCUT2D eigenvalue weighted by atomic mass is 35.5. The first kappa shape index (κ1) is 12.3. The lowest BCUT2D eigenvalue weighted by Crippen LogP contribution is -1.87. The summed E-state index contributed by atoms with van der Waals surface area (Å²) in [6.45, 7) is 2.02. The molecule has 0 saturated carbocycles. The van der Waals surface area contributed by atoms with Crippen molar-refractivity contribution < 1.29 is 4.74 Å². The van der Waals surface area contributed by atoms with Crippen LogP contribution in [-0.2, 0) is 0 Å². The van der Waals surface area contributed by atoms with Crippen molar-refractivity contribution >= 4 is 23.2 Å². The van der Waals surface area contributed by atoms with Gasteiger partial charge in [-0.3, -0.25) is 0 Å². The second kappa shape index (κ2) is 4.99. The first-order valence-electron chi connectivity index (χ1n) is 5.21. The number of methoxy groups -OCH3 is 1. The normalized spacial score (nSPS) is 10.4. The Morgan fingerprint density at radius 1 is 1.00 bits per heavy atom. The van der Waals surface area contributed by atoms with Crippen LogP contribution in [0.3, 0.4) is 0 Å². The molecule has 0 saturated heterocycles. The highest BCUT2D eigenvalue weighted by Crippen LogP contribution is 2.32. The largest absolute Gasteiger partial charge is 0.497 e. The summed E-state index contributed by atoms with van der Waals surface area (Å²) < 4.78 is 5.25. The fourth-order valence-electron chi connectivity index (χ4n) is 1.74. The van der Waals surface area contributed by atoms with Crippen molar-refractivity contribution in [3.8, 4) is 16.9 Å². The maximum absolute atomic E-state index is 6.19. The predicted molar refractivity (Wildman–Crippen MR) is 73.2 cm³/mol. The van der Waals surface area contributed by atoms with E-state index in [9.17, 15) is 0 Å². The number of rotatable bonds is 2. The Hall–Kier alpha value is -1.18. The summed E-state index contributed by atoms with van der Waals surface area (Å²) in [5.74, 6) is 0.825. The molecule has 0 heterocycles. The van der Waals surface area contributed by atoms with Gasteiger partial charge in [0.25, 0.3) is 0 Å².